The molecule has 20 heavy (non-hydrogen) atoms. The van der Waals surface area contributed by atoms with Crippen molar-refractivity contribution < 1.29 is 4.74 Å². The Labute approximate surface area is 120 Å². The molecule has 4 aromatic rings. The smallest absolute Gasteiger partial charge is 0.135 e. The number of hydrogen-bond acceptors (Lipinski definition) is 1. The molecular weight excluding hydrogens is 268 g/mol. The van der Waals surface area contributed by atoms with E-state index in [4.69, 9.17) is 16.3 Å². The minimum atomic E-state index is 0.795. The molecule has 0 aromatic heterocycles. The Hall–Kier alpha value is -2.25. The van der Waals surface area contributed by atoms with Gasteiger partial charge in [0.1, 0.15) is 11.5 Å². The second-order valence-electron chi connectivity index (χ2n) is 5.16. The SMILES string of the molecule is Clc1cc2cccc3c2c2c1ccc1cccc(c12)O3. The Morgan fingerprint density at radius 3 is 2.20 bits per heavy atom. The Bertz CT molecular complexity index is 1010. The van der Waals surface area contributed by atoms with E-state index in [9.17, 15) is 0 Å². The molecule has 5 rings (SSSR count). The standard InChI is InChI=1S/C18H9ClO/c19-13-9-11-4-2-6-15-17(11)18-12(13)8-7-10-3-1-5-14(20-15)16(10)18/h1-9H. The summed E-state index contributed by atoms with van der Waals surface area (Å²) in [6.45, 7) is 0. The Kier molecular flexibility index (Phi) is 1.81. The minimum absolute atomic E-state index is 0.795. The maximum absolute atomic E-state index is 6.47. The molecule has 0 radical (unpaired) electrons. The quantitative estimate of drug-likeness (QED) is 0.320. The van der Waals surface area contributed by atoms with Crippen LogP contribution < -0.4 is 4.74 Å². The molecular formula is C18H9ClO. The largest absolute Gasteiger partial charge is 0.456 e. The second-order valence-corrected chi connectivity index (χ2v) is 5.56. The third-order valence-electron chi connectivity index (χ3n) is 4.08. The summed E-state index contributed by atoms with van der Waals surface area (Å²) in [6.07, 6.45) is 0. The fourth-order valence-corrected chi connectivity index (χ4v) is 3.52. The lowest BCUT2D eigenvalue weighted by molar-refractivity contribution is 0.493. The van der Waals surface area contributed by atoms with Crippen molar-refractivity contribution in [2.24, 2.45) is 0 Å². The van der Waals surface area contributed by atoms with Crippen LogP contribution in [0, 0.1) is 0 Å². The highest BCUT2D eigenvalue weighted by molar-refractivity contribution is 6.40. The molecule has 0 saturated heterocycles. The molecule has 2 heteroatoms. The Morgan fingerprint density at radius 2 is 1.40 bits per heavy atom. The molecule has 0 aliphatic carbocycles. The molecule has 1 nitrogen and oxygen atoms in total. The van der Waals surface area contributed by atoms with Crippen LogP contribution in [0.4, 0.5) is 0 Å². The first-order chi connectivity index (χ1) is 9.83. The summed E-state index contributed by atoms with van der Waals surface area (Å²) in [5.41, 5.74) is 0. The fraction of sp³-hybridized carbons (Fsp3) is 0. The van der Waals surface area contributed by atoms with Gasteiger partial charge >= 0.3 is 0 Å². The highest BCUT2D eigenvalue weighted by atomic mass is 35.5. The van der Waals surface area contributed by atoms with Gasteiger partial charge in [-0.25, -0.2) is 0 Å². The van der Waals surface area contributed by atoms with E-state index in [1.54, 1.807) is 0 Å². The van der Waals surface area contributed by atoms with Gasteiger partial charge in [0.05, 0.1) is 0 Å². The van der Waals surface area contributed by atoms with Crippen molar-refractivity contribution in [2.45, 2.75) is 0 Å². The third-order valence-corrected chi connectivity index (χ3v) is 4.39. The maximum atomic E-state index is 6.47. The van der Waals surface area contributed by atoms with E-state index in [0.717, 1.165) is 38.1 Å². The zero-order chi connectivity index (χ0) is 13.3. The molecule has 0 unspecified atom stereocenters. The van der Waals surface area contributed by atoms with Crippen LogP contribution in [0.15, 0.2) is 54.6 Å². The molecule has 1 aliphatic heterocycles. The summed E-state index contributed by atoms with van der Waals surface area (Å²) in [4.78, 5) is 0. The number of ether oxygens (including phenoxy) is 1. The first-order valence-corrected chi connectivity index (χ1v) is 6.95. The van der Waals surface area contributed by atoms with Gasteiger partial charge in [0.15, 0.2) is 0 Å². The Balaban J connectivity index is 2.26. The molecule has 0 amide bonds. The summed E-state index contributed by atoms with van der Waals surface area (Å²) in [7, 11) is 0. The molecule has 1 heterocycles. The maximum Gasteiger partial charge on any atom is 0.135 e. The van der Waals surface area contributed by atoms with E-state index in [1.165, 1.54) is 10.8 Å². The van der Waals surface area contributed by atoms with Gasteiger partial charge in [0.2, 0.25) is 0 Å². The summed E-state index contributed by atoms with van der Waals surface area (Å²) in [6, 6.07) is 18.5. The van der Waals surface area contributed by atoms with Crippen molar-refractivity contribution in [3.05, 3.63) is 59.6 Å². The van der Waals surface area contributed by atoms with Crippen molar-refractivity contribution >= 4 is 43.9 Å². The second kappa shape index (κ2) is 3.44. The first kappa shape index (κ1) is 10.5. The summed E-state index contributed by atoms with van der Waals surface area (Å²) < 4.78 is 6.08. The molecule has 1 aliphatic rings. The van der Waals surface area contributed by atoms with Crippen LogP contribution in [-0.4, -0.2) is 0 Å². The van der Waals surface area contributed by atoms with E-state index in [1.807, 2.05) is 30.3 Å². The molecule has 0 bridgehead atoms. The van der Waals surface area contributed by atoms with E-state index in [0.29, 0.717) is 0 Å². The molecule has 0 N–H and O–H groups in total. The monoisotopic (exact) mass is 276 g/mol. The molecule has 0 spiro atoms. The number of halogens is 1. The third kappa shape index (κ3) is 1.14. The van der Waals surface area contributed by atoms with Crippen LogP contribution in [0.25, 0.3) is 32.3 Å². The van der Waals surface area contributed by atoms with Gasteiger partial charge in [0, 0.05) is 26.6 Å². The van der Waals surface area contributed by atoms with Crippen LogP contribution in [0.2, 0.25) is 5.02 Å². The first-order valence-electron chi connectivity index (χ1n) is 6.57. The van der Waals surface area contributed by atoms with Gasteiger partial charge in [-0.15, -0.1) is 0 Å². The molecule has 0 fully saturated rings. The zero-order valence-electron chi connectivity index (χ0n) is 10.5. The van der Waals surface area contributed by atoms with Crippen LogP contribution in [0.5, 0.6) is 11.5 Å². The lowest BCUT2D eigenvalue weighted by Gasteiger charge is -2.20. The van der Waals surface area contributed by atoms with Gasteiger partial charge in [-0.05, 0) is 29.0 Å². The number of benzene rings is 4. The summed E-state index contributed by atoms with van der Waals surface area (Å²) in [5, 5.41) is 7.74. The van der Waals surface area contributed by atoms with Gasteiger partial charge in [0.25, 0.3) is 0 Å². The van der Waals surface area contributed by atoms with E-state index in [2.05, 4.69) is 24.3 Å². The van der Waals surface area contributed by atoms with Crippen molar-refractivity contribution in [2.75, 3.05) is 0 Å². The summed E-state index contributed by atoms with van der Waals surface area (Å²) >= 11 is 6.47. The van der Waals surface area contributed by atoms with Crippen molar-refractivity contribution in [3.8, 4) is 11.5 Å². The zero-order valence-corrected chi connectivity index (χ0v) is 11.2. The Morgan fingerprint density at radius 1 is 0.700 bits per heavy atom. The van der Waals surface area contributed by atoms with Crippen LogP contribution in [0.1, 0.15) is 0 Å². The molecule has 4 aromatic carbocycles. The van der Waals surface area contributed by atoms with E-state index < -0.39 is 0 Å². The number of hydrogen-bond donors (Lipinski definition) is 0. The van der Waals surface area contributed by atoms with Gasteiger partial charge < -0.3 is 4.74 Å². The van der Waals surface area contributed by atoms with Crippen LogP contribution in [0.3, 0.4) is 0 Å². The van der Waals surface area contributed by atoms with Crippen molar-refractivity contribution in [1.82, 2.24) is 0 Å². The van der Waals surface area contributed by atoms with Crippen LogP contribution in [-0.2, 0) is 0 Å². The van der Waals surface area contributed by atoms with E-state index in [-0.39, 0.29) is 0 Å². The normalized spacial score (nSPS) is 12.7. The summed E-state index contributed by atoms with van der Waals surface area (Å²) in [5.74, 6) is 1.82. The van der Waals surface area contributed by atoms with E-state index >= 15 is 0 Å². The van der Waals surface area contributed by atoms with Gasteiger partial charge in [-0.3, -0.25) is 0 Å². The van der Waals surface area contributed by atoms with Crippen molar-refractivity contribution in [1.29, 1.82) is 0 Å². The minimum Gasteiger partial charge on any atom is -0.456 e. The number of rotatable bonds is 0. The average molecular weight is 277 g/mol. The lowest BCUT2D eigenvalue weighted by Crippen LogP contribution is -1.95. The molecule has 94 valence electrons. The molecule has 0 saturated carbocycles. The van der Waals surface area contributed by atoms with Crippen LogP contribution >= 0.6 is 11.6 Å². The topological polar surface area (TPSA) is 9.23 Å². The van der Waals surface area contributed by atoms with Crippen molar-refractivity contribution in [3.63, 3.8) is 0 Å². The van der Waals surface area contributed by atoms with Gasteiger partial charge in [-0.2, -0.15) is 0 Å². The highest BCUT2D eigenvalue weighted by Crippen LogP contribution is 2.48. The predicted molar refractivity (Wildman–Crippen MR) is 84.0 cm³/mol. The fourth-order valence-electron chi connectivity index (χ4n) is 3.24. The van der Waals surface area contributed by atoms with Gasteiger partial charge in [-0.1, -0.05) is 48.0 Å². The average Bonchev–Trinajstić information content (AvgIpc) is 2.47. The lowest BCUT2D eigenvalue weighted by atomic mass is 9.94. The highest BCUT2D eigenvalue weighted by Gasteiger charge is 2.19. The molecule has 0 atom stereocenters. The predicted octanol–water partition coefficient (Wildman–Crippen LogP) is 5.91.